The molecule has 1 saturated heterocycles. The van der Waals surface area contributed by atoms with E-state index < -0.39 is 0 Å². The van der Waals surface area contributed by atoms with E-state index in [0.717, 1.165) is 18.7 Å². The molecule has 2 rings (SSSR count). The maximum atomic E-state index is 12.0. The highest BCUT2D eigenvalue weighted by molar-refractivity contribution is 5.91. The van der Waals surface area contributed by atoms with Crippen molar-refractivity contribution in [3.05, 3.63) is 17.5 Å². The Morgan fingerprint density at radius 3 is 3.00 bits per heavy atom. The summed E-state index contributed by atoms with van der Waals surface area (Å²) in [7, 11) is 0. The summed E-state index contributed by atoms with van der Waals surface area (Å²) in [6, 6.07) is 1.67. The molecule has 1 amide bonds. The van der Waals surface area contributed by atoms with Gasteiger partial charge in [-0.25, -0.2) is 0 Å². The van der Waals surface area contributed by atoms with Crippen molar-refractivity contribution in [2.45, 2.75) is 20.3 Å². The van der Waals surface area contributed by atoms with E-state index in [1.54, 1.807) is 17.9 Å². The molecule has 0 aromatic carbocycles. The van der Waals surface area contributed by atoms with Gasteiger partial charge in [0.2, 0.25) is 5.76 Å². The van der Waals surface area contributed by atoms with Gasteiger partial charge in [-0.3, -0.25) is 4.79 Å². The van der Waals surface area contributed by atoms with Crippen LogP contribution < -0.4 is 5.73 Å². The summed E-state index contributed by atoms with van der Waals surface area (Å²) < 4.78 is 4.97. The number of likely N-dealkylation sites (tertiary alicyclic amines) is 1. The van der Waals surface area contributed by atoms with Crippen LogP contribution in [0.2, 0.25) is 0 Å². The number of rotatable bonds is 2. The molecule has 1 aliphatic rings. The normalized spacial score (nSPS) is 25.1. The van der Waals surface area contributed by atoms with Crippen LogP contribution in [0.1, 0.15) is 29.6 Å². The summed E-state index contributed by atoms with van der Waals surface area (Å²) in [5, 5.41) is 3.72. The second kappa shape index (κ2) is 3.90. The van der Waals surface area contributed by atoms with E-state index in [0.29, 0.717) is 18.8 Å². The summed E-state index contributed by atoms with van der Waals surface area (Å²) in [4.78, 5) is 13.8. The maximum absolute atomic E-state index is 12.0. The van der Waals surface area contributed by atoms with Crippen LogP contribution in [0.15, 0.2) is 10.6 Å². The van der Waals surface area contributed by atoms with Crippen LogP contribution >= 0.6 is 0 Å². The average Bonchev–Trinajstić information content (AvgIpc) is 2.85. The predicted molar refractivity (Wildman–Crippen MR) is 58.9 cm³/mol. The van der Waals surface area contributed by atoms with Gasteiger partial charge in [0.05, 0.1) is 5.69 Å². The van der Waals surface area contributed by atoms with Crippen LogP contribution in [0.25, 0.3) is 0 Å². The van der Waals surface area contributed by atoms with Gasteiger partial charge in [-0.15, -0.1) is 0 Å². The van der Waals surface area contributed by atoms with E-state index in [2.05, 4.69) is 12.1 Å². The lowest BCUT2D eigenvalue weighted by atomic mass is 9.90. The lowest BCUT2D eigenvalue weighted by Gasteiger charge is -2.21. The average molecular weight is 223 g/mol. The fourth-order valence-corrected chi connectivity index (χ4v) is 1.98. The van der Waals surface area contributed by atoms with Crippen LogP contribution in [-0.4, -0.2) is 35.6 Å². The highest BCUT2D eigenvalue weighted by Crippen LogP contribution is 2.29. The minimum atomic E-state index is -0.0854. The van der Waals surface area contributed by atoms with Gasteiger partial charge in [-0.1, -0.05) is 12.1 Å². The second-order valence-electron chi connectivity index (χ2n) is 4.82. The van der Waals surface area contributed by atoms with Crippen LogP contribution in [0.4, 0.5) is 0 Å². The van der Waals surface area contributed by atoms with Crippen molar-refractivity contribution in [2.24, 2.45) is 11.1 Å². The zero-order chi connectivity index (χ0) is 11.8. The van der Waals surface area contributed by atoms with E-state index in [1.807, 2.05) is 0 Å². The van der Waals surface area contributed by atoms with Gasteiger partial charge in [0.1, 0.15) is 0 Å². The van der Waals surface area contributed by atoms with E-state index in [9.17, 15) is 4.79 Å². The van der Waals surface area contributed by atoms with E-state index in [1.165, 1.54) is 0 Å². The Morgan fingerprint density at radius 1 is 1.75 bits per heavy atom. The Kier molecular flexibility index (Phi) is 2.71. The quantitative estimate of drug-likeness (QED) is 0.804. The van der Waals surface area contributed by atoms with Gasteiger partial charge in [0.15, 0.2) is 0 Å². The molecule has 88 valence electrons. The molecular weight excluding hydrogens is 206 g/mol. The number of nitrogens with two attached hydrogens (primary N) is 1. The minimum absolute atomic E-state index is 0.0464. The molecule has 0 aliphatic carbocycles. The second-order valence-corrected chi connectivity index (χ2v) is 4.82. The smallest absolute Gasteiger partial charge is 0.292 e. The summed E-state index contributed by atoms with van der Waals surface area (Å²) in [6.07, 6.45) is 0.947. The molecule has 1 fully saturated rings. The summed E-state index contributed by atoms with van der Waals surface area (Å²) >= 11 is 0. The van der Waals surface area contributed by atoms with E-state index >= 15 is 0 Å². The third-order valence-corrected chi connectivity index (χ3v) is 3.18. The lowest BCUT2D eigenvalue weighted by molar-refractivity contribution is 0.0735. The summed E-state index contributed by atoms with van der Waals surface area (Å²) in [5.74, 6) is 0.233. The number of aromatic nitrogens is 1. The lowest BCUT2D eigenvalue weighted by Crippen LogP contribution is -2.34. The fourth-order valence-electron chi connectivity index (χ4n) is 1.98. The Bertz CT molecular complexity index is 402. The van der Waals surface area contributed by atoms with Crippen molar-refractivity contribution < 1.29 is 9.32 Å². The zero-order valence-electron chi connectivity index (χ0n) is 9.69. The molecule has 1 atom stereocenters. The molecule has 0 bridgehead atoms. The van der Waals surface area contributed by atoms with Gasteiger partial charge < -0.3 is 15.2 Å². The zero-order valence-corrected chi connectivity index (χ0v) is 9.69. The van der Waals surface area contributed by atoms with Crippen molar-refractivity contribution in [3.63, 3.8) is 0 Å². The third-order valence-electron chi connectivity index (χ3n) is 3.18. The van der Waals surface area contributed by atoms with Gasteiger partial charge in [0.25, 0.3) is 5.91 Å². The first kappa shape index (κ1) is 11.1. The SMILES string of the molecule is Cc1cc(C(=O)N2CCC(C)(CN)C2)on1. The van der Waals surface area contributed by atoms with Crippen LogP contribution in [-0.2, 0) is 0 Å². The number of hydrogen-bond acceptors (Lipinski definition) is 4. The first-order valence-electron chi connectivity index (χ1n) is 5.47. The molecular formula is C11H17N3O2. The first-order chi connectivity index (χ1) is 7.54. The molecule has 1 unspecified atom stereocenters. The third kappa shape index (κ3) is 1.95. The summed E-state index contributed by atoms with van der Waals surface area (Å²) in [6.45, 7) is 5.95. The topological polar surface area (TPSA) is 72.4 Å². The number of aryl methyl sites for hydroxylation is 1. The van der Waals surface area contributed by atoms with E-state index in [4.69, 9.17) is 10.3 Å². The highest BCUT2D eigenvalue weighted by Gasteiger charge is 2.36. The minimum Gasteiger partial charge on any atom is -0.351 e. The molecule has 16 heavy (non-hydrogen) atoms. The number of hydrogen-bond donors (Lipinski definition) is 1. The molecule has 2 heterocycles. The Balaban J connectivity index is 2.08. The van der Waals surface area contributed by atoms with Gasteiger partial charge in [-0.2, -0.15) is 0 Å². The molecule has 1 aromatic heterocycles. The standard InChI is InChI=1S/C11H17N3O2/c1-8-5-9(16-13-8)10(15)14-4-3-11(2,6-12)7-14/h5H,3-4,6-7,12H2,1-2H3. The Morgan fingerprint density at radius 2 is 2.50 bits per heavy atom. The highest BCUT2D eigenvalue weighted by atomic mass is 16.5. The largest absolute Gasteiger partial charge is 0.351 e. The summed E-state index contributed by atoms with van der Waals surface area (Å²) in [5.41, 5.74) is 6.47. The number of carbonyl (C=O) groups excluding carboxylic acids is 1. The first-order valence-corrected chi connectivity index (χ1v) is 5.47. The van der Waals surface area contributed by atoms with Gasteiger partial charge in [-0.05, 0) is 25.3 Å². The Hall–Kier alpha value is -1.36. The molecule has 0 radical (unpaired) electrons. The van der Waals surface area contributed by atoms with Crippen LogP contribution in [0.5, 0.6) is 0 Å². The molecule has 5 heteroatoms. The fraction of sp³-hybridized carbons (Fsp3) is 0.636. The molecule has 1 aromatic rings. The molecule has 0 saturated carbocycles. The van der Waals surface area contributed by atoms with Crippen molar-refractivity contribution in [1.82, 2.24) is 10.1 Å². The maximum Gasteiger partial charge on any atom is 0.292 e. The van der Waals surface area contributed by atoms with Crippen molar-refractivity contribution in [1.29, 1.82) is 0 Å². The Labute approximate surface area is 94.6 Å². The molecule has 1 aliphatic heterocycles. The molecule has 2 N–H and O–H groups in total. The van der Waals surface area contributed by atoms with Crippen LogP contribution in [0, 0.1) is 12.3 Å². The van der Waals surface area contributed by atoms with Crippen molar-refractivity contribution in [2.75, 3.05) is 19.6 Å². The number of nitrogens with zero attached hydrogens (tertiary/aromatic N) is 2. The molecule has 5 nitrogen and oxygen atoms in total. The number of carbonyl (C=O) groups is 1. The number of amides is 1. The van der Waals surface area contributed by atoms with Gasteiger partial charge >= 0.3 is 0 Å². The van der Waals surface area contributed by atoms with Crippen molar-refractivity contribution in [3.8, 4) is 0 Å². The van der Waals surface area contributed by atoms with Crippen LogP contribution in [0.3, 0.4) is 0 Å². The monoisotopic (exact) mass is 223 g/mol. The van der Waals surface area contributed by atoms with E-state index in [-0.39, 0.29) is 11.3 Å². The van der Waals surface area contributed by atoms with Gasteiger partial charge in [0, 0.05) is 19.2 Å². The predicted octanol–water partition coefficient (Wildman–Crippen LogP) is 0.794. The van der Waals surface area contributed by atoms with Crippen molar-refractivity contribution >= 4 is 5.91 Å². The molecule has 0 spiro atoms.